The van der Waals surface area contributed by atoms with E-state index in [2.05, 4.69) is 0 Å². The summed E-state index contributed by atoms with van der Waals surface area (Å²) in [5, 5.41) is 0. The molecule has 0 unspecified atom stereocenters. The van der Waals surface area contributed by atoms with Crippen molar-refractivity contribution >= 4 is 22.4 Å². The van der Waals surface area contributed by atoms with Crippen molar-refractivity contribution in [2.45, 2.75) is 36.4 Å². The number of alkyl halides is 3. The summed E-state index contributed by atoms with van der Waals surface area (Å²) >= 11 is 0. The highest BCUT2D eigenvalue weighted by atomic mass is 35.5. The Hall–Kier alpha value is -0.940. The third-order valence-corrected chi connectivity index (χ3v) is 5.89. The van der Waals surface area contributed by atoms with Gasteiger partial charge < -0.3 is 10.5 Å². The smallest absolute Gasteiger partial charge is 0.378 e. The Morgan fingerprint density at radius 2 is 1.85 bits per heavy atom. The molecule has 0 aromatic heterocycles. The number of rotatable bonds is 6. The monoisotopic (exact) mass is 420 g/mol. The minimum atomic E-state index is -4.75. The average molecular weight is 421 g/mol. The zero-order valence-electron chi connectivity index (χ0n) is 13.8. The second-order valence-corrected chi connectivity index (χ2v) is 7.67. The second-order valence-electron chi connectivity index (χ2n) is 5.76. The van der Waals surface area contributed by atoms with E-state index in [9.17, 15) is 26.0 Å². The topological polar surface area (TPSA) is 72.6 Å². The molecule has 0 saturated carbocycles. The molecule has 26 heavy (non-hydrogen) atoms. The van der Waals surface area contributed by atoms with Gasteiger partial charge in [-0.05, 0) is 44.0 Å². The van der Waals surface area contributed by atoms with E-state index in [4.69, 9.17) is 10.5 Å². The summed E-state index contributed by atoms with van der Waals surface area (Å²) in [7, 11) is -4.34. The molecule has 0 aliphatic carbocycles. The first kappa shape index (κ1) is 23.1. The Labute approximate surface area is 155 Å². The molecule has 1 fully saturated rings. The van der Waals surface area contributed by atoms with E-state index in [1.807, 2.05) is 0 Å². The van der Waals surface area contributed by atoms with Crippen LogP contribution in [0, 0.1) is 5.82 Å². The SMILES string of the molecule is Cl.NCCCOC1CCN(S(=O)(=O)c2cc(C(F)(F)F)ccc2F)CC1. The number of ether oxygens (including phenoxy) is 1. The molecule has 1 saturated heterocycles. The molecular formula is C15H21ClF4N2O3S. The van der Waals surface area contributed by atoms with Gasteiger partial charge in [0, 0.05) is 19.7 Å². The van der Waals surface area contributed by atoms with E-state index in [0.717, 1.165) is 4.31 Å². The zero-order valence-corrected chi connectivity index (χ0v) is 15.5. The quantitative estimate of drug-likeness (QED) is 0.567. The highest BCUT2D eigenvalue weighted by molar-refractivity contribution is 7.89. The van der Waals surface area contributed by atoms with Crippen LogP contribution >= 0.6 is 12.4 Å². The third kappa shape index (κ3) is 5.53. The van der Waals surface area contributed by atoms with Crippen LogP contribution in [0.3, 0.4) is 0 Å². The largest absolute Gasteiger partial charge is 0.416 e. The van der Waals surface area contributed by atoms with Crippen molar-refractivity contribution in [3.05, 3.63) is 29.6 Å². The molecule has 0 spiro atoms. The van der Waals surface area contributed by atoms with E-state index >= 15 is 0 Å². The lowest BCUT2D eigenvalue weighted by molar-refractivity contribution is -0.137. The molecule has 1 aromatic carbocycles. The Morgan fingerprint density at radius 1 is 1.23 bits per heavy atom. The van der Waals surface area contributed by atoms with Crippen LogP contribution < -0.4 is 5.73 Å². The number of halogens is 5. The lowest BCUT2D eigenvalue weighted by Gasteiger charge is -2.31. The summed E-state index contributed by atoms with van der Waals surface area (Å²) in [5.41, 5.74) is 4.16. The summed E-state index contributed by atoms with van der Waals surface area (Å²) in [4.78, 5) is -0.954. The molecule has 0 radical (unpaired) electrons. The molecule has 1 aliphatic heterocycles. The van der Waals surface area contributed by atoms with Gasteiger partial charge in [-0.25, -0.2) is 12.8 Å². The van der Waals surface area contributed by atoms with Crippen LogP contribution in [0.1, 0.15) is 24.8 Å². The first-order valence-electron chi connectivity index (χ1n) is 7.85. The van der Waals surface area contributed by atoms with Crippen molar-refractivity contribution in [3.8, 4) is 0 Å². The molecule has 0 atom stereocenters. The minimum absolute atomic E-state index is 0. The molecule has 1 aromatic rings. The highest BCUT2D eigenvalue weighted by Gasteiger charge is 2.36. The maximum Gasteiger partial charge on any atom is 0.416 e. The van der Waals surface area contributed by atoms with Crippen molar-refractivity contribution in [1.29, 1.82) is 0 Å². The van der Waals surface area contributed by atoms with Crippen molar-refractivity contribution in [3.63, 3.8) is 0 Å². The predicted octanol–water partition coefficient (Wildman–Crippen LogP) is 2.78. The number of nitrogens with two attached hydrogens (primary N) is 1. The molecule has 1 heterocycles. The van der Waals surface area contributed by atoms with Crippen LogP contribution in [0.4, 0.5) is 17.6 Å². The number of piperidine rings is 1. The van der Waals surface area contributed by atoms with Crippen LogP contribution in [0.2, 0.25) is 0 Å². The lowest BCUT2D eigenvalue weighted by Crippen LogP contribution is -2.41. The van der Waals surface area contributed by atoms with Gasteiger partial charge in [-0.15, -0.1) is 12.4 Å². The van der Waals surface area contributed by atoms with E-state index in [-0.39, 0.29) is 31.6 Å². The van der Waals surface area contributed by atoms with Gasteiger partial charge in [-0.2, -0.15) is 17.5 Å². The Morgan fingerprint density at radius 3 is 2.38 bits per heavy atom. The Balaban J connectivity index is 0.00000338. The first-order valence-corrected chi connectivity index (χ1v) is 9.29. The van der Waals surface area contributed by atoms with Crippen molar-refractivity contribution < 1.29 is 30.7 Å². The normalized spacial score (nSPS) is 17.1. The summed E-state index contributed by atoms with van der Waals surface area (Å²) in [6.45, 7) is 1.08. The maximum absolute atomic E-state index is 13.9. The second kappa shape index (κ2) is 9.32. The summed E-state index contributed by atoms with van der Waals surface area (Å²) in [6, 6.07) is 1.39. The van der Waals surface area contributed by atoms with Crippen molar-refractivity contribution in [1.82, 2.24) is 4.31 Å². The van der Waals surface area contributed by atoms with Crippen molar-refractivity contribution in [2.24, 2.45) is 5.73 Å². The number of hydrogen-bond acceptors (Lipinski definition) is 4. The van der Waals surface area contributed by atoms with Crippen LogP contribution in [-0.4, -0.2) is 45.1 Å². The Bertz CT molecular complexity index is 693. The van der Waals surface area contributed by atoms with E-state index in [0.29, 0.717) is 50.6 Å². The number of nitrogens with zero attached hydrogens (tertiary/aromatic N) is 1. The predicted molar refractivity (Wildman–Crippen MR) is 90.1 cm³/mol. The fraction of sp³-hybridized carbons (Fsp3) is 0.600. The molecule has 1 aliphatic rings. The van der Waals surface area contributed by atoms with Gasteiger partial charge >= 0.3 is 6.18 Å². The molecule has 2 N–H and O–H groups in total. The molecule has 2 rings (SSSR count). The number of benzene rings is 1. The molecule has 11 heteroatoms. The first-order chi connectivity index (χ1) is 11.7. The van der Waals surface area contributed by atoms with Crippen LogP contribution in [0.15, 0.2) is 23.1 Å². The summed E-state index contributed by atoms with van der Waals surface area (Å²) in [5.74, 6) is -1.20. The van der Waals surface area contributed by atoms with Crippen molar-refractivity contribution in [2.75, 3.05) is 26.2 Å². The molecule has 0 amide bonds. The zero-order chi connectivity index (χ0) is 18.7. The van der Waals surface area contributed by atoms with Crippen LogP contribution in [-0.2, 0) is 20.9 Å². The van der Waals surface area contributed by atoms with Gasteiger partial charge in [0.25, 0.3) is 0 Å². The van der Waals surface area contributed by atoms with Gasteiger partial charge in [-0.1, -0.05) is 0 Å². The fourth-order valence-electron chi connectivity index (χ4n) is 2.59. The van der Waals surface area contributed by atoms with Gasteiger partial charge in [0.2, 0.25) is 10.0 Å². The third-order valence-electron chi connectivity index (χ3n) is 3.98. The number of hydrogen-bond donors (Lipinski definition) is 1. The lowest BCUT2D eigenvalue weighted by atomic mass is 10.1. The molecular weight excluding hydrogens is 400 g/mol. The van der Waals surface area contributed by atoms with Gasteiger partial charge in [0.05, 0.1) is 11.7 Å². The van der Waals surface area contributed by atoms with Crippen LogP contribution in [0.5, 0.6) is 0 Å². The molecule has 0 bridgehead atoms. The van der Waals surface area contributed by atoms with Gasteiger partial charge in [0.1, 0.15) is 10.7 Å². The summed E-state index contributed by atoms with van der Waals surface area (Å²) in [6.07, 6.45) is -3.41. The Kier molecular flexibility index (Phi) is 8.28. The highest BCUT2D eigenvalue weighted by Crippen LogP contribution is 2.33. The van der Waals surface area contributed by atoms with Gasteiger partial charge in [0.15, 0.2) is 0 Å². The van der Waals surface area contributed by atoms with E-state index in [1.165, 1.54) is 0 Å². The van der Waals surface area contributed by atoms with E-state index < -0.39 is 32.5 Å². The van der Waals surface area contributed by atoms with Gasteiger partial charge in [-0.3, -0.25) is 0 Å². The maximum atomic E-state index is 13.9. The summed E-state index contributed by atoms with van der Waals surface area (Å²) < 4.78 is 83.8. The minimum Gasteiger partial charge on any atom is -0.378 e. The fourth-order valence-corrected chi connectivity index (χ4v) is 4.15. The number of sulfonamides is 1. The standard InChI is InChI=1S/C15H20F4N2O3S.ClH/c16-13-3-2-11(15(17,18)19)10-14(13)25(22,23)21-7-4-12(5-8-21)24-9-1-6-20;/h2-3,10,12H,1,4-9,20H2;1H. The molecule has 150 valence electrons. The average Bonchev–Trinajstić information content (AvgIpc) is 2.54. The van der Waals surface area contributed by atoms with Crippen LogP contribution in [0.25, 0.3) is 0 Å². The van der Waals surface area contributed by atoms with E-state index in [1.54, 1.807) is 0 Å². The molecule has 5 nitrogen and oxygen atoms in total.